The summed E-state index contributed by atoms with van der Waals surface area (Å²) in [6.07, 6.45) is 4.65. The van der Waals surface area contributed by atoms with Crippen molar-refractivity contribution in [3.63, 3.8) is 0 Å². The van der Waals surface area contributed by atoms with Gasteiger partial charge in [-0.3, -0.25) is 0 Å². The molecule has 0 radical (unpaired) electrons. The minimum absolute atomic E-state index is 0.992. The minimum Gasteiger partial charge on any atom is -0.312 e. The third kappa shape index (κ3) is 5.90. The van der Waals surface area contributed by atoms with Crippen LogP contribution in [0.1, 0.15) is 56.1 Å². The summed E-state index contributed by atoms with van der Waals surface area (Å²) >= 11 is 1.90. The van der Waals surface area contributed by atoms with Crippen LogP contribution in [0.25, 0.3) is 0 Å². The third-order valence-electron chi connectivity index (χ3n) is 3.69. The van der Waals surface area contributed by atoms with Crippen molar-refractivity contribution in [2.24, 2.45) is 0 Å². The van der Waals surface area contributed by atoms with Crippen molar-refractivity contribution in [1.29, 1.82) is 0 Å². The Hall–Kier alpha value is -0.450. The molecule has 0 atom stereocenters. The van der Waals surface area contributed by atoms with E-state index in [4.69, 9.17) is 4.98 Å². The summed E-state index contributed by atoms with van der Waals surface area (Å²) in [6.45, 7) is 14.4. The molecule has 1 rings (SSSR count). The molecule has 3 nitrogen and oxygen atoms in total. The molecular formula is C16H31N3S. The Labute approximate surface area is 128 Å². The van der Waals surface area contributed by atoms with Crippen LogP contribution >= 0.6 is 11.3 Å². The van der Waals surface area contributed by atoms with E-state index in [1.165, 1.54) is 28.4 Å². The van der Waals surface area contributed by atoms with E-state index in [0.717, 1.165) is 45.6 Å². The van der Waals surface area contributed by atoms with E-state index in [2.05, 4.69) is 37.9 Å². The van der Waals surface area contributed by atoms with Crippen LogP contribution in [0.4, 0.5) is 0 Å². The molecule has 1 aromatic rings. The first-order valence-corrected chi connectivity index (χ1v) is 8.97. The molecule has 0 aliphatic rings. The Morgan fingerprint density at radius 1 is 1.15 bits per heavy atom. The van der Waals surface area contributed by atoms with Crippen LogP contribution in [0.3, 0.4) is 0 Å². The van der Waals surface area contributed by atoms with Gasteiger partial charge in [-0.2, -0.15) is 0 Å². The maximum Gasteiger partial charge on any atom is 0.0944 e. The predicted octanol–water partition coefficient (Wildman–Crippen LogP) is 3.48. The van der Waals surface area contributed by atoms with Crippen molar-refractivity contribution < 1.29 is 0 Å². The van der Waals surface area contributed by atoms with Crippen LogP contribution in [-0.2, 0) is 19.4 Å². The zero-order valence-corrected chi connectivity index (χ0v) is 14.5. The number of nitrogens with one attached hydrogen (secondary N) is 1. The highest BCUT2D eigenvalue weighted by Gasteiger charge is 2.10. The van der Waals surface area contributed by atoms with Gasteiger partial charge >= 0.3 is 0 Å². The minimum atomic E-state index is 0.992. The number of hydrogen-bond donors (Lipinski definition) is 1. The lowest BCUT2D eigenvalue weighted by molar-refractivity contribution is 0.308. The first-order chi connectivity index (χ1) is 9.74. The Morgan fingerprint density at radius 2 is 1.90 bits per heavy atom. The van der Waals surface area contributed by atoms with Crippen LogP contribution < -0.4 is 5.32 Å². The molecule has 0 bridgehead atoms. The maximum absolute atomic E-state index is 4.82. The maximum atomic E-state index is 4.82. The van der Waals surface area contributed by atoms with Crippen LogP contribution in [0, 0.1) is 0 Å². The highest BCUT2D eigenvalue weighted by Crippen LogP contribution is 2.20. The van der Waals surface area contributed by atoms with Gasteiger partial charge in [0.25, 0.3) is 0 Å². The molecule has 0 fully saturated rings. The lowest BCUT2D eigenvalue weighted by Gasteiger charge is -2.16. The predicted molar refractivity (Wildman–Crippen MR) is 89.6 cm³/mol. The van der Waals surface area contributed by atoms with Gasteiger partial charge in [0.1, 0.15) is 0 Å². The van der Waals surface area contributed by atoms with Crippen molar-refractivity contribution in [1.82, 2.24) is 15.2 Å². The number of rotatable bonds is 11. The normalized spacial score (nSPS) is 11.4. The third-order valence-corrected chi connectivity index (χ3v) is 4.84. The lowest BCUT2D eigenvalue weighted by Crippen LogP contribution is -2.25. The first kappa shape index (κ1) is 17.6. The van der Waals surface area contributed by atoms with Crippen molar-refractivity contribution in [3.05, 3.63) is 15.6 Å². The molecular weight excluding hydrogens is 266 g/mol. The number of nitrogens with zero attached hydrogens (tertiary/aromatic N) is 2. The zero-order valence-electron chi connectivity index (χ0n) is 13.7. The molecule has 0 aliphatic carbocycles. The van der Waals surface area contributed by atoms with E-state index in [0.29, 0.717) is 0 Å². The van der Waals surface area contributed by atoms with Gasteiger partial charge in [-0.05, 0) is 32.5 Å². The number of aromatic nitrogens is 1. The number of hydrogen-bond acceptors (Lipinski definition) is 4. The number of thiazole rings is 1. The van der Waals surface area contributed by atoms with E-state index in [1.807, 2.05) is 11.3 Å². The molecule has 1 aromatic heterocycles. The quantitative estimate of drug-likeness (QED) is 0.634. The molecule has 0 aromatic carbocycles. The second-order valence-corrected chi connectivity index (χ2v) is 6.31. The largest absolute Gasteiger partial charge is 0.312 e. The van der Waals surface area contributed by atoms with Gasteiger partial charge < -0.3 is 10.2 Å². The molecule has 0 spiro atoms. The molecule has 0 saturated carbocycles. The van der Waals surface area contributed by atoms with Crippen molar-refractivity contribution >= 4 is 11.3 Å². The van der Waals surface area contributed by atoms with E-state index in [1.54, 1.807) is 0 Å². The molecule has 0 aliphatic heterocycles. The Balaban J connectivity index is 2.50. The molecule has 0 amide bonds. The van der Waals surface area contributed by atoms with E-state index in [-0.39, 0.29) is 0 Å². The van der Waals surface area contributed by atoms with Gasteiger partial charge in [0.2, 0.25) is 0 Å². The summed E-state index contributed by atoms with van der Waals surface area (Å²) in [5.74, 6) is 0. The smallest absolute Gasteiger partial charge is 0.0944 e. The first-order valence-electron chi connectivity index (χ1n) is 8.15. The SMILES string of the molecule is CCCCNCc1sc(CCN(CC)CC)nc1CC. The molecule has 0 saturated heterocycles. The summed E-state index contributed by atoms with van der Waals surface area (Å²) in [7, 11) is 0. The van der Waals surface area contributed by atoms with Crippen LogP contribution in [-0.4, -0.2) is 36.1 Å². The average molecular weight is 298 g/mol. The van der Waals surface area contributed by atoms with Gasteiger partial charge in [0, 0.05) is 24.4 Å². The Morgan fingerprint density at radius 3 is 2.50 bits per heavy atom. The fraction of sp³-hybridized carbons (Fsp3) is 0.812. The van der Waals surface area contributed by atoms with Gasteiger partial charge in [-0.25, -0.2) is 4.98 Å². The fourth-order valence-corrected chi connectivity index (χ4v) is 3.37. The monoisotopic (exact) mass is 297 g/mol. The highest BCUT2D eigenvalue weighted by atomic mass is 32.1. The van der Waals surface area contributed by atoms with Crippen molar-refractivity contribution in [3.8, 4) is 0 Å². The summed E-state index contributed by atoms with van der Waals surface area (Å²) in [6, 6.07) is 0. The second kappa shape index (κ2) is 10.3. The fourth-order valence-electron chi connectivity index (χ4n) is 2.26. The lowest BCUT2D eigenvalue weighted by atomic mass is 10.3. The Bertz CT molecular complexity index is 359. The van der Waals surface area contributed by atoms with E-state index >= 15 is 0 Å². The number of aryl methyl sites for hydroxylation is 1. The van der Waals surface area contributed by atoms with E-state index < -0.39 is 0 Å². The average Bonchev–Trinajstić information content (AvgIpc) is 2.87. The summed E-state index contributed by atoms with van der Waals surface area (Å²) in [4.78, 5) is 8.73. The van der Waals surface area contributed by atoms with Crippen molar-refractivity contribution in [2.45, 2.75) is 59.9 Å². The van der Waals surface area contributed by atoms with E-state index in [9.17, 15) is 0 Å². The van der Waals surface area contributed by atoms with Crippen LogP contribution in [0.2, 0.25) is 0 Å². The second-order valence-electron chi connectivity index (χ2n) is 5.14. The molecule has 0 unspecified atom stereocenters. The van der Waals surface area contributed by atoms with Gasteiger partial charge in [-0.1, -0.05) is 34.1 Å². The molecule has 1 N–H and O–H groups in total. The Kier molecular flexibility index (Phi) is 9.07. The summed E-state index contributed by atoms with van der Waals surface area (Å²) in [5, 5.41) is 4.84. The summed E-state index contributed by atoms with van der Waals surface area (Å²) < 4.78 is 0. The summed E-state index contributed by atoms with van der Waals surface area (Å²) in [5.41, 5.74) is 1.30. The molecule has 20 heavy (non-hydrogen) atoms. The zero-order chi connectivity index (χ0) is 14.8. The molecule has 116 valence electrons. The highest BCUT2D eigenvalue weighted by molar-refractivity contribution is 7.11. The van der Waals surface area contributed by atoms with Gasteiger partial charge in [0.15, 0.2) is 0 Å². The van der Waals surface area contributed by atoms with Crippen molar-refractivity contribution in [2.75, 3.05) is 26.2 Å². The number of likely N-dealkylation sites (N-methyl/N-ethyl adjacent to an activating group) is 1. The van der Waals surface area contributed by atoms with Gasteiger partial charge in [0.05, 0.1) is 10.7 Å². The topological polar surface area (TPSA) is 28.2 Å². The standard InChI is InChI=1S/C16H31N3S/c1-5-9-11-17-13-15-14(6-2)18-16(20-15)10-12-19(7-3)8-4/h17H,5-13H2,1-4H3. The van der Waals surface area contributed by atoms with Crippen LogP contribution in [0.15, 0.2) is 0 Å². The molecule has 1 heterocycles. The van der Waals surface area contributed by atoms with Crippen LogP contribution in [0.5, 0.6) is 0 Å². The van der Waals surface area contributed by atoms with Gasteiger partial charge in [-0.15, -0.1) is 11.3 Å². The number of unbranched alkanes of at least 4 members (excludes halogenated alkanes) is 1. The molecule has 4 heteroatoms.